The number of thioether (sulfide) groups is 1. The van der Waals surface area contributed by atoms with Crippen LogP contribution in [0.2, 0.25) is 0 Å². The third-order valence-corrected chi connectivity index (χ3v) is 4.10. The number of hydrogen-bond donors (Lipinski definition) is 1. The van der Waals surface area contributed by atoms with E-state index >= 15 is 0 Å². The average molecular weight is 238 g/mol. The van der Waals surface area contributed by atoms with Gasteiger partial charge in [-0.05, 0) is 6.42 Å². The van der Waals surface area contributed by atoms with E-state index in [0.717, 1.165) is 42.1 Å². The van der Waals surface area contributed by atoms with Crippen molar-refractivity contribution in [1.82, 2.24) is 9.55 Å². The first-order valence-corrected chi connectivity index (χ1v) is 6.50. The fourth-order valence-corrected chi connectivity index (χ4v) is 3.14. The zero-order valence-electron chi connectivity index (χ0n) is 8.98. The number of nitrogens with zero attached hydrogens (tertiary/aromatic N) is 3. The molecule has 0 radical (unpaired) electrons. The number of fused-ring (bicyclic) bond motifs is 1. The van der Waals surface area contributed by atoms with Gasteiger partial charge in [0.15, 0.2) is 16.8 Å². The number of nitrogen functional groups attached to an aromatic ring is 1. The summed E-state index contributed by atoms with van der Waals surface area (Å²) in [5, 5.41) is 0.998. The van der Waals surface area contributed by atoms with Gasteiger partial charge in [0.25, 0.3) is 0 Å². The number of hydrogen-bond acceptors (Lipinski definition) is 5. The molecule has 1 saturated heterocycles. The van der Waals surface area contributed by atoms with Crippen molar-refractivity contribution in [3.05, 3.63) is 0 Å². The number of anilines is 2. The van der Waals surface area contributed by atoms with Gasteiger partial charge in [0.2, 0.25) is 0 Å². The first-order chi connectivity index (χ1) is 7.75. The minimum absolute atomic E-state index is 0.276. The minimum Gasteiger partial charge on any atom is -0.382 e. The van der Waals surface area contributed by atoms with Gasteiger partial charge in [0, 0.05) is 25.3 Å². The van der Waals surface area contributed by atoms with Crippen molar-refractivity contribution < 1.29 is 4.79 Å². The van der Waals surface area contributed by atoms with E-state index in [2.05, 4.69) is 9.55 Å². The number of rotatable bonds is 1. The second-order valence-corrected chi connectivity index (χ2v) is 5.23. The summed E-state index contributed by atoms with van der Waals surface area (Å²) in [5.74, 6) is 2.90. The molecule has 0 aliphatic carbocycles. The number of nitrogens with two attached hydrogens (primary N) is 1. The molecule has 86 valence electrons. The highest BCUT2D eigenvalue weighted by atomic mass is 32.2. The van der Waals surface area contributed by atoms with E-state index in [4.69, 9.17) is 5.73 Å². The van der Waals surface area contributed by atoms with Crippen LogP contribution >= 0.6 is 11.8 Å². The van der Waals surface area contributed by atoms with Crippen LogP contribution in [0, 0.1) is 0 Å². The molecule has 6 heteroatoms. The summed E-state index contributed by atoms with van der Waals surface area (Å²) in [5.41, 5.74) is 6.08. The lowest BCUT2D eigenvalue weighted by Crippen LogP contribution is -2.21. The van der Waals surface area contributed by atoms with E-state index in [0.29, 0.717) is 13.0 Å². The van der Waals surface area contributed by atoms with Gasteiger partial charge in [-0.2, -0.15) is 0 Å². The highest BCUT2D eigenvalue weighted by molar-refractivity contribution is 7.99. The monoisotopic (exact) mass is 238 g/mol. The first-order valence-electron chi connectivity index (χ1n) is 5.51. The van der Waals surface area contributed by atoms with Gasteiger partial charge in [-0.25, -0.2) is 4.98 Å². The SMILES string of the molecule is Nc1c(N2CCC(=O)C2)nc2n1CCCS2. The van der Waals surface area contributed by atoms with E-state index in [1.807, 2.05) is 4.90 Å². The van der Waals surface area contributed by atoms with Gasteiger partial charge in [-0.15, -0.1) is 0 Å². The predicted molar refractivity (Wildman–Crippen MR) is 63.8 cm³/mol. The van der Waals surface area contributed by atoms with Crippen molar-refractivity contribution in [2.45, 2.75) is 24.5 Å². The lowest BCUT2D eigenvalue weighted by molar-refractivity contribution is -0.116. The summed E-state index contributed by atoms with van der Waals surface area (Å²) in [7, 11) is 0. The van der Waals surface area contributed by atoms with E-state index in [1.54, 1.807) is 11.8 Å². The lowest BCUT2D eigenvalue weighted by atomic mass is 10.4. The fourth-order valence-electron chi connectivity index (χ4n) is 2.19. The number of Topliss-reactive ketones (excluding diaryl/α,β-unsaturated/α-hetero) is 1. The van der Waals surface area contributed by atoms with Gasteiger partial charge < -0.3 is 15.2 Å². The molecule has 1 aromatic rings. The molecule has 0 aromatic carbocycles. The average Bonchev–Trinajstić information content (AvgIpc) is 2.84. The van der Waals surface area contributed by atoms with Gasteiger partial charge in [0.1, 0.15) is 5.82 Å². The zero-order valence-corrected chi connectivity index (χ0v) is 9.79. The largest absolute Gasteiger partial charge is 0.382 e. The molecule has 5 nitrogen and oxygen atoms in total. The second kappa shape index (κ2) is 3.69. The number of ketones is 1. The summed E-state index contributed by atoms with van der Waals surface area (Å²) in [6.07, 6.45) is 1.76. The van der Waals surface area contributed by atoms with Crippen LogP contribution < -0.4 is 10.6 Å². The van der Waals surface area contributed by atoms with E-state index in [-0.39, 0.29) is 5.78 Å². The first kappa shape index (κ1) is 10.0. The quantitative estimate of drug-likeness (QED) is 0.782. The fraction of sp³-hybridized carbons (Fsp3) is 0.600. The molecular formula is C10H14N4OS. The standard InChI is InChI=1S/C10H14N4OS/c11-8-9(13-4-2-7(15)6-13)12-10-14(8)3-1-5-16-10/h1-6,11H2. The maximum Gasteiger partial charge on any atom is 0.172 e. The van der Waals surface area contributed by atoms with Crippen molar-refractivity contribution >= 4 is 29.2 Å². The maximum absolute atomic E-state index is 11.3. The van der Waals surface area contributed by atoms with Gasteiger partial charge in [-0.1, -0.05) is 11.8 Å². The Morgan fingerprint density at radius 1 is 1.38 bits per heavy atom. The number of carbonyl (C=O) groups is 1. The lowest BCUT2D eigenvalue weighted by Gasteiger charge is -2.15. The van der Waals surface area contributed by atoms with Gasteiger partial charge in [-0.3, -0.25) is 4.79 Å². The van der Waals surface area contributed by atoms with E-state index in [1.165, 1.54) is 0 Å². The second-order valence-electron chi connectivity index (χ2n) is 4.17. The summed E-state index contributed by atoms with van der Waals surface area (Å²) < 4.78 is 2.06. The van der Waals surface area contributed by atoms with E-state index < -0.39 is 0 Å². The van der Waals surface area contributed by atoms with Crippen LogP contribution in [0.3, 0.4) is 0 Å². The Hall–Kier alpha value is -1.17. The van der Waals surface area contributed by atoms with Crippen LogP contribution in [0.4, 0.5) is 11.6 Å². The Balaban J connectivity index is 1.95. The molecule has 2 aliphatic rings. The Bertz CT molecular complexity index is 442. The zero-order chi connectivity index (χ0) is 11.1. The Kier molecular flexibility index (Phi) is 2.31. The van der Waals surface area contributed by atoms with Crippen molar-refractivity contribution in [3.63, 3.8) is 0 Å². The molecule has 0 amide bonds. The van der Waals surface area contributed by atoms with Gasteiger partial charge >= 0.3 is 0 Å². The Morgan fingerprint density at radius 2 is 2.25 bits per heavy atom. The van der Waals surface area contributed by atoms with Crippen molar-refractivity contribution in [3.8, 4) is 0 Å². The third-order valence-electron chi connectivity index (χ3n) is 3.04. The number of imidazole rings is 1. The molecule has 3 rings (SSSR count). The third kappa shape index (κ3) is 1.48. The highest BCUT2D eigenvalue weighted by Crippen LogP contribution is 2.33. The molecule has 16 heavy (non-hydrogen) atoms. The molecular weight excluding hydrogens is 224 g/mol. The normalized spacial score (nSPS) is 20.2. The van der Waals surface area contributed by atoms with Crippen LogP contribution in [0.15, 0.2) is 5.16 Å². The van der Waals surface area contributed by atoms with Crippen LogP contribution in [0.5, 0.6) is 0 Å². The summed E-state index contributed by atoms with van der Waals surface area (Å²) in [6, 6.07) is 0. The van der Waals surface area contributed by atoms with Crippen molar-refractivity contribution in [2.24, 2.45) is 0 Å². The minimum atomic E-state index is 0.276. The molecule has 0 spiro atoms. The van der Waals surface area contributed by atoms with Crippen LogP contribution in [0.1, 0.15) is 12.8 Å². The summed E-state index contributed by atoms with van der Waals surface area (Å²) >= 11 is 1.74. The molecule has 2 aliphatic heterocycles. The van der Waals surface area contributed by atoms with Crippen molar-refractivity contribution in [1.29, 1.82) is 0 Å². The van der Waals surface area contributed by atoms with E-state index in [9.17, 15) is 4.79 Å². The topological polar surface area (TPSA) is 64.2 Å². The van der Waals surface area contributed by atoms with Crippen LogP contribution in [-0.2, 0) is 11.3 Å². The number of aromatic nitrogens is 2. The summed E-state index contributed by atoms with van der Waals surface area (Å²) in [6.45, 7) is 2.17. The van der Waals surface area contributed by atoms with Gasteiger partial charge in [0.05, 0.1) is 6.54 Å². The molecule has 0 bridgehead atoms. The smallest absolute Gasteiger partial charge is 0.172 e. The molecule has 2 N–H and O–H groups in total. The molecule has 0 unspecified atom stereocenters. The predicted octanol–water partition coefficient (Wildman–Crippen LogP) is 0.740. The maximum atomic E-state index is 11.3. The van der Waals surface area contributed by atoms with Crippen molar-refractivity contribution in [2.75, 3.05) is 29.5 Å². The molecule has 0 atom stereocenters. The molecule has 0 saturated carbocycles. The molecule has 1 aromatic heterocycles. The number of carbonyl (C=O) groups excluding carboxylic acids is 1. The van der Waals surface area contributed by atoms with Crippen LogP contribution in [0.25, 0.3) is 0 Å². The van der Waals surface area contributed by atoms with Crippen LogP contribution in [-0.4, -0.2) is 34.2 Å². The molecule has 3 heterocycles. The highest BCUT2D eigenvalue weighted by Gasteiger charge is 2.26. The molecule has 1 fully saturated rings. The Morgan fingerprint density at radius 3 is 2.94 bits per heavy atom. The summed E-state index contributed by atoms with van der Waals surface area (Å²) in [4.78, 5) is 17.8. The Labute approximate surface area is 98.0 Å².